The lowest BCUT2D eigenvalue weighted by atomic mass is 9.78. The second-order valence-electron chi connectivity index (χ2n) is 14.7. The molecule has 4 aliphatic rings. The number of ketones is 1. The van der Waals surface area contributed by atoms with E-state index >= 15 is 0 Å². The van der Waals surface area contributed by atoms with E-state index in [9.17, 15) is 39.9 Å². The lowest BCUT2D eigenvalue weighted by molar-refractivity contribution is -0.160. The Morgan fingerprint density at radius 3 is 2.20 bits per heavy atom. The normalized spacial score (nSPS) is 31.0. The summed E-state index contributed by atoms with van der Waals surface area (Å²) in [5.41, 5.74) is 0.263. The van der Waals surface area contributed by atoms with Crippen molar-refractivity contribution < 1.29 is 58.9 Å². The van der Waals surface area contributed by atoms with Gasteiger partial charge in [-0.1, -0.05) is 45.9 Å². The van der Waals surface area contributed by atoms with Gasteiger partial charge in [-0.3, -0.25) is 14.4 Å². The number of benzene rings is 2. The number of thioether (sulfide) groups is 2. The third kappa shape index (κ3) is 7.91. The van der Waals surface area contributed by atoms with E-state index in [1.165, 1.54) is 69.8 Å². The molecule has 0 aliphatic carbocycles. The molecule has 0 unspecified atom stereocenters. The van der Waals surface area contributed by atoms with Crippen LogP contribution in [0.1, 0.15) is 74.5 Å². The predicted octanol–water partition coefficient (Wildman–Crippen LogP) is 6.23. The van der Waals surface area contributed by atoms with E-state index in [1.807, 2.05) is 0 Å². The van der Waals surface area contributed by atoms with E-state index in [1.54, 1.807) is 46.8 Å². The van der Waals surface area contributed by atoms with Gasteiger partial charge in [0.05, 0.1) is 45.8 Å². The molecule has 1 fully saturated rings. The first-order valence-electron chi connectivity index (χ1n) is 18.2. The number of anilines is 1. The highest BCUT2D eigenvalue weighted by atomic mass is 32.2. The van der Waals surface area contributed by atoms with Crippen LogP contribution in [0.3, 0.4) is 0 Å². The molecule has 55 heavy (non-hydrogen) atoms. The summed E-state index contributed by atoms with van der Waals surface area (Å²) in [6, 6.07) is 0. The molecule has 9 atom stereocenters. The smallest absolute Gasteiger partial charge is 0.312 e. The molecule has 5 bridgehead atoms. The maximum Gasteiger partial charge on any atom is 0.312 e. The van der Waals surface area contributed by atoms with Crippen LogP contribution in [0.5, 0.6) is 23.0 Å². The van der Waals surface area contributed by atoms with Gasteiger partial charge >= 0.3 is 11.8 Å². The van der Waals surface area contributed by atoms with Crippen molar-refractivity contribution in [3.05, 3.63) is 52.8 Å². The van der Waals surface area contributed by atoms with Gasteiger partial charge in [0.25, 0.3) is 11.7 Å². The number of rotatable bonds is 3. The molecule has 4 heterocycles. The van der Waals surface area contributed by atoms with Crippen LogP contribution in [0.25, 0.3) is 10.8 Å². The van der Waals surface area contributed by atoms with E-state index < -0.39 is 93.4 Å². The zero-order valence-electron chi connectivity index (χ0n) is 32.4. The third-order valence-corrected chi connectivity index (χ3v) is 13.9. The Labute approximate surface area is 329 Å². The number of aliphatic hydroxyl groups excluding tert-OH is 2. The van der Waals surface area contributed by atoms with E-state index in [4.69, 9.17) is 18.9 Å². The number of nitrogens with one attached hydrogen (secondary N) is 1. The minimum Gasteiger partial charge on any atom is -0.507 e. The summed E-state index contributed by atoms with van der Waals surface area (Å²) in [4.78, 5) is 40.3. The fourth-order valence-electron chi connectivity index (χ4n) is 7.50. The second kappa shape index (κ2) is 16.7. The van der Waals surface area contributed by atoms with E-state index in [0.717, 1.165) is 11.5 Å². The Bertz CT molecular complexity index is 1940. The van der Waals surface area contributed by atoms with Crippen molar-refractivity contribution >= 4 is 57.6 Å². The molecule has 300 valence electrons. The lowest BCUT2D eigenvalue weighted by Gasteiger charge is -2.38. The summed E-state index contributed by atoms with van der Waals surface area (Å²) in [6.07, 6.45) is 3.74. The number of allylic oxidation sites excluding steroid dienone is 2. The molecule has 13 nitrogen and oxygen atoms in total. The van der Waals surface area contributed by atoms with Gasteiger partial charge in [0, 0.05) is 78.2 Å². The summed E-state index contributed by atoms with van der Waals surface area (Å²) >= 11 is 2.98. The minimum atomic E-state index is -2.00. The van der Waals surface area contributed by atoms with Gasteiger partial charge in [0.2, 0.25) is 0 Å². The standard InChI is InChI=1S/C40H51NO12S2/c1-17-11-10-12-18(2)38(49)41-29-28(39-54-15-16-55-39)33(46)25-26(34(29)47)32(45)22(6)36-27(25)37(48)40(8,53-36)51-14-13-24(50-9)19(3)35(52-23(7)42)21(5)31(44)20(4)30(17)43/h10-14,17,19-21,24,30-31,35,39,43-47H,15-16H2,1-9H3,(H,41,49)/t17-,19+,20-,21-,24+,30-,31-,35+,40-/m0/s1. The molecule has 1 amide bonds. The Balaban J connectivity index is 1.70. The summed E-state index contributed by atoms with van der Waals surface area (Å²) in [6.45, 7) is 12.6. The van der Waals surface area contributed by atoms with Crippen LogP contribution in [0, 0.1) is 30.6 Å². The molecule has 1 saturated heterocycles. The van der Waals surface area contributed by atoms with Crippen molar-refractivity contribution in [1.82, 2.24) is 0 Å². The minimum absolute atomic E-state index is 0.0499. The number of carbonyl (C=O) groups excluding carboxylic acids is 3. The summed E-state index contributed by atoms with van der Waals surface area (Å²) in [5.74, 6) is -6.31. The Kier molecular flexibility index (Phi) is 12.8. The Morgan fingerprint density at radius 2 is 1.58 bits per heavy atom. The number of aromatic hydroxyl groups is 3. The van der Waals surface area contributed by atoms with Crippen LogP contribution < -0.4 is 10.1 Å². The van der Waals surface area contributed by atoms with Gasteiger partial charge in [-0.15, -0.1) is 23.5 Å². The van der Waals surface area contributed by atoms with Gasteiger partial charge < -0.3 is 49.8 Å². The summed E-state index contributed by atoms with van der Waals surface area (Å²) in [5, 5.41) is 60.6. The van der Waals surface area contributed by atoms with Gasteiger partial charge in [-0.05, 0) is 19.9 Å². The number of phenolic OH excluding ortho intramolecular Hbond substituents is 3. The predicted molar refractivity (Wildman–Crippen MR) is 211 cm³/mol. The topological polar surface area (TPSA) is 201 Å². The third-order valence-electron chi connectivity index (χ3n) is 10.9. The van der Waals surface area contributed by atoms with Crippen LogP contribution >= 0.6 is 23.5 Å². The van der Waals surface area contributed by atoms with E-state index in [2.05, 4.69) is 5.32 Å². The molecule has 2 aromatic carbocycles. The van der Waals surface area contributed by atoms with Crippen molar-refractivity contribution in [1.29, 1.82) is 0 Å². The first kappa shape index (κ1) is 42.3. The number of carbonyl (C=O) groups is 3. The number of hydrogen-bond donors (Lipinski definition) is 6. The average molecular weight is 802 g/mol. The van der Waals surface area contributed by atoms with Crippen molar-refractivity contribution in [2.75, 3.05) is 23.9 Å². The SMILES string of the molecule is CO[C@@H]1C=CO[C@@]2(C)Oc3c(C)c(O)c4c(O)c(c(C5SCCS5)c(O)c4c3C2=O)NC(=O)C(C)=CC=C[C@H](C)[C@H](O)[C@H](C)[C@H](O)[C@H](C)[C@H](OC(C)=O)[C@@H]1C. The van der Waals surface area contributed by atoms with Crippen LogP contribution in [0.2, 0.25) is 0 Å². The number of hydrogen-bond acceptors (Lipinski definition) is 14. The van der Waals surface area contributed by atoms with Gasteiger partial charge in [-0.25, -0.2) is 0 Å². The monoisotopic (exact) mass is 801 g/mol. The zero-order valence-corrected chi connectivity index (χ0v) is 34.0. The van der Waals surface area contributed by atoms with E-state index in [-0.39, 0.29) is 44.5 Å². The average Bonchev–Trinajstić information content (AvgIpc) is 3.77. The molecule has 2 aromatic rings. The highest BCUT2D eigenvalue weighted by molar-refractivity contribution is 8.19. The zero-order chi connectivity index (χ0) is 40.7. The Morgan fingerprint density at radius 1 is 0.927 bits per heavy atom. The highest BCUT2D eigenvalue weighted by Gasteiger charge is 2.50. The number of amides is 1. The van der Waals surface area contributed by atoms with Crippen LogP contribution in [-0.4, -0.2) is 92.0 Å². The van der Waals surface area contributed by atoms with Crippen molar-refractivity contribution in [3.63, 3.8) is 0 Å². The number of phenols is 3. The van der Waals surface area contributed by atoms with E-state index in [0.29, 0.717) is 0 Å². The number of aliphatic hydroxyl groups is 2. The molecule has 4 aliphatic heterocycles. The van der Waals surface area contributed by atoms with Crippen molar-refractivity contribution in [2.45, 2.75) is 90.2 Å². The van der Waals surface area contributed by atoms with Crippen LogP contribution in [-0.2, 0) is 23.8 Å². The molecule has 0 radical (unpaired) electrons. The quantitative estimate of drug-likeness (QED) is 0.116. The van der Waals surface area contributed by atoms with Crippen molar-refractivity contribution in [3.8, 4) is 23.0 Å². The first-order valence-corrected chi connectivity index (χ1v) is 20.3. The molecule has 0 spiro atoms. The fourth-order valence-corrected chi connectivity index (χ4v) is 10.5. The Hall–Kier alpha value is -3.89. The number of esters is 1. The van der Waals surface area contributed by atoms with Gasteiger partial charge in [0.1, 0.15) is 23.4 Å². The summed E-state index contributed by atoms with van der Waals surface area (Å²) < 4.78 is 23.1. The lowest BCUT2D eigenvalue weighted by Crippen LogP contribution is -2.46. The van der Waals surface area contributed by atoms with Crippen LogP contribution in [0.4, 0.5) is 5.69 Å². The fraction of sp³-hybridized carbons (Fsp3) is 0.525. The van der Waals surface area contributed by atoms with Gasteiger partial charge in [-0.2, -0.15) is 0 Å². The molecule has 6 N–H and O–H groups in total. The molecule has 6 rings (SSSR count). The molecular formula is C40H51NO12S2. The molecule has 0 saturated carbocycles. The first-order chi connectivity index (χ1) is 25.9. The largest absolute Gasteiger partial charge is 0.507 e. The van der Waals surface area contributed by atoms with Gasteiger partial charge in [0.15, 0.2) is 5.75 Å². The van der Waals surface area contributed by atoms with Crippen LogP contribution in [0.15, 0.2) is 36.1 Å². The maximum absolute atomic E-state index is 14.3. The second-order valence-corrected chi connectivity index (χ2v) is 17.4. The number of fused-ring (bicyclic) bond motifs is 14. The number of Topliss-reactive ketones (excluding diaryl/α,β-unsaturated/α-hetero) is 1. The molecular weight excluding hydrogens is 751 g/mol. The number of methoxy groups -OCH3 is 1. The molecule has 0 aromatic heterocycles. The highest BCUT2D eigenvalue weighted by Crippen LogP contribution is 2.60. The molecule has 15 heteroatoms. The maximum atomic E-state index is 14.3. The summed E-state index contributed by atoms with van der Waals surface area (Å²) in [7, 11) is 1.44. The van der Waals surface area contributed by atoms with Crippen molar-refractivity contribution in [2.24, 2.45) is 23.7 Å². The number of ether oxygens (including phenoxy) is 4.